The predicted molar refractivity (Wildman–Crippen MR) is 192 cm³/mol. The number of anilines is 4. The van der Waals surface area contributed by atoms with E-state index in [1.807, 2.05) is 12.1 Å². The third kappa shape index (κ3) is 3.55. The minimum absolute atomic E-state index is 0.0799. The summed E-state index contributed by atoms with van der Waals surface area (Å²) < 4.78 is 0. The molecule has 44 heavy (non-hydrogen) atoms. The summed E-state index contributed by atoms with van der Waals surface area (Å²) in [7, 11) is 0. The Kier molecular flexibility index (Phi) is 5.06. The second kappa shape index (κ2) is 8.84. The van der Waals surface area contributed by atoms with Crippen molar-refractivity contribution in [2.75, 3.05) is 10.6 Å². The van der Waals surface area contributed by atoms with Crippen molar-refractivity contribution in [1.82, 2.24) is 0 Å². The lowest BCUT2D eigenvalue weighted by molar-refractivity contribution is 0.591. The van der Waals surface area contributed by atoms with Gasteiger partial charge in [0.05, 0.1) is 11.4 Å². The van der Waals surface area contributed by atoms with Gasteiger partial charge in [0.15, 0.2) is 0 Å². The molecule has 9 aromatic rings. The highest BCUT2D eigenvalue weighted by Gasteiger charge is 2.22. The second-order valence-corrected chi connectivity index (χ2v) is 13.3. The van der Waals surface area contributed by atoms with Gasteiger partial charge in [-0.3, -0.25) is 0 Å². The number of hydrogen-bond donors (Lipinski definition) is 1. The molecule has 2 nitrogen and oxygen atoms in total. The molecule has 2 N–H and O–H groups in total. The third-order valence-corrected chi connectivity index (χ3v) is 9.58. The van der Waals surface area contributed by atoms with Gasteiger partial charge in [-0.2, -0.15) is 0 Å². The summed E-state index contributed by atoms with van der Waals surface area (Å²) in [6, 6.07) is 47.0. The molecule has 0 aromatic heterocycles. The quantitative estimate of drug-likeness (QED) is 0.171. The lowest BCUT2D eigenvalue weighted by atomic mass is 9.83. The minimum atomic E-state index is 0.0799. The molecule has 0 aliphatic heterocycles. The Morgan fingerprint density at radius 1 is 0.455 bits per heavy atom. The first kappa shape index (κ1) is 25.2. The molecule has 2 heteroatoms. The maximum atomic E-state index is 6.21. The molecule has 0 amide bonds. The van der Waals surface area contributed by atoms with Crippen molar-refractivity contribution in [3.8, 4) is 0 Å². The lowest BCUT2D eigenvalue weighted by Gasteiger charge is -2.29. The van der Waals surface area contributed by atoms with Crippen LogP contribution in [0, 0.1) is 0 Å². The Bertz CT molecular complexity index is 2500. The van der Waals surface area contributed by atoms with Crippen LogP contribution in [-0.2, 0) is 5.41 Å². The van der Waals surface area contributed by atoms with Crippen molar-refractivity contribution in [3.63, 3.8) is 0 Å². The van der Waals surface area contributed by atoms with Gasteiger partial charge in [0.1, 0.15) is 0 Å². The summed E-state index contributed by atoms with van der Waals surface area (Å²) in [5.41, 5.74) is 11.8. The number of benzene rings is 9. The number of nitrogens with two attached hydrogens (primary N) is 1. The first-order chi connectivity index (χ1) is 21.3. The Morgan fingerprint density at radius 2 is 0.886 bits per heavy atom. The van der Waals surface area contributed by atoms with E-state index in [4.69, 9.17) is 5.73 Å². The first-order valence-corrected chi connectivity index (χ1v) is 15.4. The SMILES string of the molecule is CC(C)(C)c1cc2ccc3ccc(N(c4ccc(N)cc4)c4ccc5ccc6cccc7ccc4c5c67)c4ccc(c1)c2c34. The van der Waals surface area contributed by atoms with Crippen molar-refractivity contribution in [2.24, 2.45) is 0 Å². The summed E-state index contributed by atoms with van der Waals surface area (Å²) in [5.74, 6) is 0. The van der Waals surface area contributed by atoms with Gasteiger partial charge in [-0.05, 0) is 101 Å². The van der Waals surface area contributed by atoms with Crippen LogP contribution in [0.5, 0.6) is 0 Å². The molecule has 0 bridgehead atoms. The topological polar surface area (TPSA) is 29.3 Å². The average molecular weight is 565 g/mol. The van der Waals surface area contributed by atoms with E-state index in [1.54, 1.807) is 0 Å². The fourth-order valence-electron chi connectivity index (χ4n) is 7.38. The third-order valence-electron chi connectivity index (χ3n) is 9.58. The molecule has 0 unspecified atom stereocenters. The molecule has 0 spiro atoms. The molecule has 0 saturated carbocycles. The molecule has 9 rings (SSSR count). The van der Waals surface area contributed by atoms with E-state index in [-0.39, 0.29) is 5.41 Å². The zero-order chi connectivity index (χ0) is 29.7. The highest BCUT2D eigenvalue weighted by molar-refractivity contribution is 6.28. The van der Waals surface area contributed by atoms with Gasteiger partial charge in [0.25, 0.3) is 0 Å². The highest BCUT2D eigenvalue weighted by atomic mass is 15.1. The first-order valence-electron chi connectivity index (χ1n) is 15.4. The van der Waals surface area contributed by atoms with Crippen LogP contribution >= 0.6 is 0 Å². The minimum Gasteiger partial charge on any atom is -0.399 e. The summed E-state index contributed by atoms with van der Waals surface area (Å²) in [6.07, 6.45) is 0. The molecule has 0 radical (unpaired) electrons. The van der Waals surface area contributed by atoms with Gasteiger partial charge in [-0.1, -0.05) is 112 Å². The maximum Gasteiger partial charge on any atom is 0.0540 e. The van der Waals surface area contributed by atoms with E-state index in [0.717, 1.165) is 22.7 Å². The Morgan fingerprint density at radius 3 is 1.43 bits per heavy atom. The summed E-state index contributed by atoms with van der Waals surface area (Å²) in [6.45, 7) is 6.87. The molecule has 210 valence electrons. The molecule has 0 heterocycles. The van der Waals surface area contributed by atoms with Gasteiger partial charge >= 0.3 is 0 Å². The van der Waals surface area contributed by atoms with E-state index < -0.39 is 0 Å². The highest BCUT2D eigenvalue weighted by Crippen LogP contribution is 2.48. The predicted octanol–water partition coefficient (Wildman–Crippen LogP) is 11.8. The summed E-state index contributed by atoms with van der Waals surface area (Å²) in [5, 5.41) is 15.4. The monoisotopic (exact) mass is 564 g/mol. The fraction of sp³-hybridized carbons (Fsp3) is 0.0952. The summed E-state index contributed by atoms with van der Waals surface area (Å²) >= 11 is 0. The van der Waals surface area contributed by atoms with Crippen molar-refractivity contribution < 1.29 is 0 Å². The van der Waals surface area contributed by atoms with Gasteiger partial charge < -0.3 is 10.6 Å². The van der Waals surface area contributed by atoms with Gasteiger partial charge in [0, 0.05) is 22.1 Å². The van der Waals surface area contributed by atoms with Crippen LogP contribution in [0.3, 0.4) is 0 Å². The average Bonchev–Trinajstić information content (AvgIpc) is 3.04. The largest absolute Gasteiger partial charge is 0.399 e. The van der Waals surface area contributed by atoms with E-state index in [2.05, 4.69) is 141 Å². The number of rotatable bonds is 3. The maximum absolute atomic E-state index is 6.21. The molecule has 0 aliphatic rings. The van der Waals surface area contributed by atoms with Crippen molar-refractivity contribution in [2.45, 2.75) is 26.2 Å². The van der Waals surface area contributed by atoms with Gasteiger partial charge in [0.2, 0.25) is 0 Å². The fourth-order valence-corrected chi connectivity index (χ4v) is 7.38. The smallest absolute Gasteiger partial charge is 0.0540 e. The van der Waals surface area contributed by atoms with Crippen LogP contribution in [0.4, 0.5) is 22.7 Å². The van der Waals surface area contributed by atoms with Crippen LogP contribution in [0.15, 0.2) is 127 Å². The van der Waals surface area contributed by atoms with Crippen LogP contribution in [-0.4, -0.2) is 0 Å². The van der Waals surface area contributed by atoms with Gasteiger partial charge in [-0.25, -0.2) is 0 Å². The molecule has 0 saturated heterocycles. The molecule has 0 fully saturated rings. The van der Waals surface area contributed by atoms with Crippen LogP contribution in [0.2, 0.25) is 0 Å². The zero-order valence-electron chi connectivity index (χ0n) is 25.1. The van der Waals surface area contributed by atoms with E-state index in [9.17, 15) is 0 Å². The van der Waals surface area contributed by atoms with E-state index >= 15 is 0 Å². The molecular formula is C42H32N2. The second-order valence-electron chi connectivity index (χ2n) is 13.3. The standard InChI is InChI=1S/C42H32N2/c1-42(2,3)31-23-29-10-9-28-14-22-37(35-20-12-30(24-31)39(29)41(28)35)44(33-17-15-32(43)16-18-33)36-21-13-27-8-7-25-5-4-6-26-11-19-34(36)40(27)38(25)26/h4-24H,43H2,1-3H3. The lowest BCUT2D eigenvalue weighted by Crippen LogP contribution is -2.12. The zero-order valence-corrected chi connectivity index (χ0v) is 25.1. The van der Waals surface area contributed by atoms with Crippen LogP contribution in [0.25, 0.3) is 64.6 Å². The normalized spacial score (nSPS) is 12.5. The summed E-state index contributed by atoms with van der Waals surface area (Å²) in [4.78, 5) is 2.43. The number of nitrogen functional groups attached to an aromatic ring is 1. The van der Waals surface area contributed by atoms with Gasteiger partial charge in [-0.15, -0.1) is 0 Å². The molecule has 9 aromatic carbocycles. The van der Waals surface area contributed by atoms with Crippen LogP contribution in [0.1, 0.15) is 26.3 Å². The van der Waals surface area contributed by atoms with E-state index in [1.165, 1.54) is 70.2 Å². The molecule has 0 aliphatic carbocycles. The van der Waals surface area contributed by atoms with Crippen LogP contribution < -0.4 is 10.6 Å². The van der Waals surface area contributed by atoms with Crippen molar-refractivity contribution in [1.29, 1.82) is 0 Å². The molecule has 0 atom stereocenters. The van der Waals surface area contributed by atoms with Crippen molar-refractivity contribution in [3.05, 3.63) is 133 Å². The Labute approximate surface area is 256 Å². The number of nitrogens with zero attached hydrogens (tertiary/aromatic N) is 1. The Balaban J connectivity index is 1.38. The molecular weight excluding hydrogens is 532 g/mol. The Hall–Kier alpha value is -5.34. The van der Waals surface area contributed by atoms with Crippen molar-refractivity contribution >= 4 is 87.4 Å². The number of hydrogen-bond acceptors (Lipinski definition) is 2. The van der Waals surface area contributed by atoms with E-state index in [0.29, 0.717) is 0 Å².